The summed E-state index contributed by atoms with van der Waals surface area (Å²) in [6, 6.07) is 9.01. The lowest BCUT2D eigenvalue weighted by Gasteiger charge is -2.14. The number of hydrogen-bond donors (Lipinski definition) is 1. The van der Waals surface area contributed by atoms with Crippen LogP contribution in [0.25, 0.3) is 0 Å². The predicted molar refractivity (Wildman–Crippen MR) is 90.8 cm³/mol. The molecule has 1 amide bonds. The van der Waals surface area contributed by atoms with E-state index < -0.39 is 23.8 Å². The number of carbonyl (C=O) groups is 2. The Morgan fingerprint density at radius 2 is 1.83 bits per heavy atom. The molecule has 4 nitrogen and oxygen atoms in total. The number of esters is 1. The van der Waals surface area contributed by atoms with Crippen LogP contribution in [0.5, 0.6) is 0 Å². The number of hydrogen-bond acceptors (Lipinski definition) is 3. The van der Waals surface area contributed by atoms with Crippen molar-refractivity contribution in [2.75, 3.05) is 5.32 Å². The van der Waals surface area contributed by atoms with Crippen molar-refractivity contribution in [2.24, 2.45) is 0 Å². The van der Waals surface area contributed by atoms with Crippen LogP contribution in [-0.4, -0.2) is 18.0 Å². The van der Waals surface area contributed by atoms with E-state index in [9.17, 15) is 14.0 Å². The lowest BCUT2D eigenvalue weighted by Crippen LogP contribution is -2.30. The number of halogens is 2. The molecule has 0 aliphatic rings. The van der Waals surface area contributed by atoms with E-state index in [-0.39, 0.29) is 10.7 Å². The average molecular weight is 350 g/mol. The average Bonchev–Trinajstić information content (AvgIpc) is 2.52. The van der Waals surface area contributed by atoms with Crippen molar-refractivity contribution >= 4 is 29.2 Å². The number of carbonyl (C=O) groups excluding carboxylic acids is 2. The summed E-state index contributed by atoms with van der Waals surface area (Å²) >= 11 is 5.65. The highest BCUT2D eigenvalue weighted by molar-refractivity contribution is 6.30. The summed E-state index contributed by atoms with van der Waals surface area (Å²) in [6.07, 6.45) is -1.07. The topological polar surface area (TPSA) is 55.4 Å². The van der Waals surface area contributed by atoms with E-state index in [1.165, 1.54) is 19.1 Å². The van der Waals surface area contributed by atoms with Gasteiger partial charge in [-0.2, -0.15) is 0 Å². The van der Waals surface area contributed by atoms with Crippen LogP contribution in [0.4, 0.5) is 10.1 Å². The third-order valence-corrected chi connectivity index (χ3v) is 3.82. The molecule has 2 aromatic rings. The minimum Gasteiger partial charge on any atom is -0.449 e. The Hall–Kier alpha value is -2.40. The highest BCUT2D eigenvalue weighted by Gasteiger charge is 2.20. The molecule has 0 radical (unpaired) electrons. The number of benzene rings is 2. The lowest BCUT2D eigenvalue weighted by molar-refractivity contribution is -0.123. The largest absolute Gasteiger partial charge is 0.449 e. The van der Waals surface area contributed by atoms with Crippen LogP contribution in [0.15, 0.2) is 36.4 Å². The smallest absolute Gasteiger partial charge is 0.338 e. The molecule has 0 unspecified atom stereocenters. The van der Waals surface area contributed by atoms with E-state index in [1.54, 1.807) is 18.2 Å². The van der Waals surface area contributed by atoms with Crippen LogP contribution in [0.3, 0.4) is 0 Å². The Morgan fingerprint density at radius 3 is 2.46 bits per heavy atom. The maximum Gasteiger partial charge on any atom is 0.338 e. The first-order chi connectivity index (χ1) is 11.3. The van der Waals surface area contributed by atoms with Crippen LogP contribution < -0.4 is 5.32 Å². The van der Waals surface area contributed by atoms with Gasteiger partial charge in [-0.3, -0.25) is 4.79 Å². The number of rotatable bonds is 4. The molecule has 2 rings (SSSR count). The van der Waals surface area contributed by atoms with Crippen LogP contribution in [0, 0.1) is 19.7 Å². The van der Waals surface area contributed by atoms with Gasteiger partial charge in [-0.1, -0.05) is 17.7 Å². The number of anilines is 1. The Labute approximate surface area is 144 Å². The van der Waals surface area contributed by atoms with Crippen molar-refractivity contribution in [3.8, 4) is 0 Å². The van der Waals surface area contributed by atoms with Gasteiger partial charge in [-0.15, -0.1) is 0 Å². The molecule has 0 fully saturated rings. The van der Waals surface area contributed by atoms with Gasteiger partial charge in [-0.25, -0.2) is 9.18 Å². The van der Waals surface area contributed by atoms with Crippen molar-refractivity contribution < 1.29 is 18.7 Å². The Morgan fingerprint density at radius 1 is 1.12 bits per heavy atom. The van der Waals surface area contributed by atoms with E-state index in [1.807, 2.05) is 13.8 Å². The minimum absolute atomic E-state index is 0.0292. The Kier molecular flexibility index (Phi) is 5.57. The van der Waals surface area contributed by atoms with Crippen molar-refractivity contribution in [1.29, 1.82) is 0 Å². The van der Waals surface area contributed by atoms with Gasteiger partial charge in [-0.05, 0) is 62.2 Å². The predicted octanol–water partition coefficient (Wildman–Crippen LogP) is 4.28. The van der Waals surface area contributed by atoms with Gasteiger partial charge < -0.3 is 10.1 Å². The van der Waals surface area contributed by atoms with Crippen molar-refractivity contribution in [3.05, 3.63) is 63.9 Å². The first kappa shape index (κ1) is 17.9. The number of amides is 1. The fourth-order valence-corrected chi connectivity index (χ4v) is 2.13. The summed E-state index contributed by atoms with van der Waals surface area (Å²) in [4.78, 5) is 24.1. The maximum atomic E-state index is 13.7. The quantitative estimate of drug-likeness (QED) is 0.838. The first-order valence-electron chi connectivity index (χ1n) is 7.32. The highest BCUT2D eigenvalue weighted by atomic mass is 35.5. The fraction of sp³-hybridized carbons (Fsp3) is 0.222. The summed E-state index contributed by atoms with van der Waals surface area (Å²) in [7, 11) is 0. The van der Waals surface area contributed by atoms with E-state index in [2.05, 4.69) is 5.32 Å². The SMILES string of the molecule is Cc1ccc(C(=O)O[C@@H](C)C(=O)Nc2ccc(Cl)cc2F)cc1C. The molecule has 0 saturated carbocycles. The molecular weight excluding hydrogens is 333 g/mol. The zero-order valence-corrected chi connectivity index (χ0v) is 14.3. The Bertz CT molecular complexity index is 792. The molecule has 126 valence electrons. The van der Waals surface area contributed by atoms with Crippen molar-refractivity contribution in [3.63, 3.8) is 0 Å². The molecular formula is C18H17ClFNO3. The number of nitrogens with one attached hydrogen (secondary N) is 1. The highest BCUT2D eigenvalue weighted by Crippen LogP contribution is 2.19. The van der Waals surface area contributed by atoms with Gasteiger partial charge in [0.05, 0.1) is 11.3 Å². The van der Waals surface area contributed by atoms with E-state index >= 15 is 0 Å². The second-order valence-corrected chi connectivity index (χ2v) is 5.90. The first-order valence-corrected chi connectivity index (χ1v) is 7.70. The van der Waals surface area contributed by atoms with Crippen molar-refractivity contribution in [2.45, 2.75) is 26.9 Å². The maximum absolute atomic E-state index is 13.7. The molecule has 6 heteroatoms. The number of aryl methyl sites for hydroxylation is 2. The van der Waals surface area contributed by atoms with Gasteiger partial charge in [0.1, 0.15) is 5.82 Å². The molecule has 0 spiro atoms. The van der Waals surface area contributed by atoms with E-state index in [0.717, 1.165) is 17.2 Å². The molecule has 0 aliphatic carbocycles. The zero-order chi connectivity index (χ0) is 17.9. The third-order valence-electron chi connectivity index (χ3n) is 3.58. The van der Waals surface area contributed by atoms with Gasteiger partial charge in [0.15, 0.2) is 6.10 Å². The fourth-order valence-electron chi connectivity index (χ4n) is 1.98. The molecule has 0 aromatic heterocycles. The van der Waals surface area contributed by atoms with Gasteiger partial charge in [0.2, 0.25) is 0 Å². The lowest BCUT2D eigenvalue weighted by atomic mass is 10.1. The second-order valence-electron chi connectivity index (χ2n) is 5.46. The van der Waals surface area contributed by atoms with Gasteiger partial charge >= 0.3 is 5.97 Å². The molecule has 0 saturated heterocycles. The molecule has 1 N–H and O–H groups in total. The van der Waals surface area contributed by atoms with Crippen LogP contribution >= 0.6 is 11.6 Å². The van der Waals surface area contributed by atoms with Crippen LogP contribution in [-0.2, 0) is 9.53 Å². The Balaban J connectivity index is 2.02. The minimum atomic E-state index is -1.07. The second kappa shape index (κ2) is 7.45. The molecule has 1 atom stereocenters. The van der Waals surface area contributed by atoms with E-state index in [4.69, 9.17) is 16.3 Å². The summed E-state index contributed by atoms with van der Waals surface area (Å²) in [5, 5.41) is 2.59. The molecule has 24 heavy (non-hydrogen) atoms. The molecule has 0 aliphatic heterocycles. The molecule has 0 bridgehead atoms. The summed E-state index contributed by atoms with van der Waals surface area (Å²) in [5.74, 6) is -1.91. The molecule has 0 heterocycles. The van der Waals surface area contributed by atoms with Crippen LogP contribution in [0.2, 0.25) is 5.02 Å². The normalized spacial score (nSPS) is 11.7. The van der Waals surface area contributed by atoms with Gasteiger partial charge in [0, 0.05) is 5.02 Å². The van der Waals surface area contributed by atoms with E-state index in [0.29, 0.717) is 5.56 Å². The third kappa shape index (κ3) is 4.32. The zero-order valence-electron chi connectivity index (χ0n) is 13.5. The summed E-state index contributed by atoms with van der Waals surface area (Å²) in [5.41, 5.74) is 2.33. The van der Waals surface area contributed by atoms with Gasteiger partial charge in [0.25, 0.3) is 5.91 Å². The summed E-state index contributed by atoms with van der Waals surface area (Å²) < 4.78 is 18.8. The number of ether oxygens (including phenoxy) is 1. The standard InChI is InChI=1S/C18H17ClFNO3/c1-10-4-5-13(8-11(10)2)18(23)24-12(3)17(22)21-16-7-6-14(19)9-15(16)20/h4-9,12H,1-3H3,(H,21,22)/t12-/m0/s1. The van der Waals surface area contributed by atoms with Crippen molar-refractivity contribution in [1.82, 2.24) is 0 Å². The monoisotopic (exact) mass is 349 g/mol. The summed E-state index contributed by atoms with van der Waals surface area (Å²) in [6.45, 7) is 5.23. The van der Waals surface area contributed by atoms with Crippen LogP contribution in [0.1, 0.15) is 28.4 Å². The molecule has 2 aromatic carbocycles.